The Balaban J connectivity index is 1.64. The van der Waals surface area contributed by atoms with Crippen LogP contribution in [0, 0.1) is 20.8 Å². The minimum Gasteiger partial charge on any atom is -0.361 e. The Morgan fingerprint density at radius 2 is 1.87 bits per heavy atom. The van der Waals surface area contributed by atoms with Crippen LogP contribution in [0.2, 0.25) is 0 Å². The zero-order chi connectivity index (χ0) is 16.6. The summed E-state index contributed by atoms with van der Waals surface area (Å²) in [5.74, 6) is 0.839. The van der Waals surface area contributed by atoms with Crippen LogP contribution in [0.1, 0.15) is 21.9 Å². The molecule has 0 bridgehead atoms. The van der Waals surface area contributed by atoms with Crippen LogP contribution in [-0.4, -0.2) is 49.0 Å². The van der Waals surface area contributed by atoms with Crippen molar-refractivity contribution in [2.45, 2.75) is 31.5 Å². The van der Waals surface area contributed by atoms with Gasteiger partial charge in [0.05, 0.1) is 5.69 Å². The van der Waals surface area contributed by atoms with Crippen molar-refractivity contribution >= 4 is 21.4 Å². The SMILES string of the molecule is Cc1ccc(S(=O)(=O)N2CCN(Cc3c(C)noc3C)CC2)s1. The quantitative estimate of drug-likeness (QED) is 0.841. The van der Waals surface area contributed by atoms with E-state index in [9.17, 15) is 8.42 Å². The molecule has 1 saturated heterocycles. The van der Waals surface area contributed by atoms with E-state index in [1.165, 1.54) is 11.3 Å². The van der Waals surface area contributed by atoms with E-state index in [0.717, 1.165) is 28.4 Å². The normalized spacial score (nSPS) is 17.7. The number of aryl methyl sites for hydroxylation is 3. The summed E-state index contributed by atoms with van der Waals surface area (Å²) in [6.45, 7) is 8.99. The molecular formula is C15H21N3O3S2. The fourth-order valence-corrected chi connectivity index (χ4v) is 5.62. The summed E-state index contributed by atoms with van der Waals surface area (Å²) < 4.78 is 32.5. The van der Waals surface area contributed by atoms with E-state index in [4.69, 9.17) is 4.52 Å². The zero-order valence-corrected chi connectivity index (χ0v) is 15.2. The van der Waals surface area contributed by atoms with Gasteiger partial charge < -0.3 is 4.52 Å². The monoisotopic (exact) mass is 355 g/mol. The number of aromatic nitrogens is 1. The van der Waals surface area contributed by atoms with Crippen LogP contribution >= 0.6 is 11.3 Å². The molecule has 6 nitrogen and oxygen atoms in total. The molecule has 0 aliphatic carbocycles. The van der Waals surface area contributed by atoms with E-state index in [0.29, 0.717) is 30.4 Å². The van der Waals surface area contributed by atoms with Gasteiger partial charge in [0.2, 0.25) is 0 Å². The lowest BCUT2D eigenvalue weighted by atomic mass is 10.2. The van der Waals surface area contributed by atoms with Crippen molar-refractivity contribution in [3.8, 4) is 0 Å². The lowest BCUT2D eigenvalue weighted by Gasteiger charge is -2.33. The lowest BCUT2D eigenvalue weighted by Crippen LogP contribution is -2.48. The highest BCUT2D eigenvalue weighted by Gasteiger charge is 2.30. The van der Waals surface area contributed by atoms with Gasteiger partial charge in [-0.1, -0.05) is 5.16 Å². The van der Waals surface area contributed by atoms with Crippen molar-refractivity contribution in [1.29, 1.82) is 0 Å². The third-order valence-corrected chi connectivity index (χ3v) is 7.57. The largest absolute Gasteiger partial charge is 0.361 e. The Morgan fingerprint density at radius 3 is 2.39 bits per heavy atom. The fourth-order valence-electron chi connectivity index (χ4n) is 2.76. The molecule has 3 heterocycles. The summed E-state index contributed by atoms with van der Waals surface area (Å²) in [5.41, 5.74) is 2.02. The van der Waals surface area contributed by atoms with Gasteiger partial charge in [0.15, 0.2) is 0 Å². The highest BCUT2D eigenvalue weighted by atomic mass is 32.2. The highest BCUT2D eigenvalue weighted by Crippen LogP contribution is 2.25. The van der Waals surface area contributed by atoms with Crippen LogP contribution in [0.15, 0.2) is 20.9 Å². The highest BCUT2D eigenvalue weighted by molar-refractivity contribution is 7.91. The second kappa shape index (κ2) is 6.35. The maximum atomic E-state index is 12.6. The Morgan fingerprint density at radius 1 is 1.17 bits per heavy atom. The molecule has 2 aromatic rings. The van der Waals surface area contributed by atoms with Crippen LogP contribution in [0.25, 0.3) is 0 Å². The van der Waals surface area contributed by atoms with Crippen molar-refractivity contribution in [2.75, 3.05) is 26.2 Å². The van der Waals surface area contributed by atoms with Crippen molar-refractivity contribution in [2.24, 2.45) is 0 Å². The van der Waals surface area contributed by atoms with E-state index in [-0.39, 0.29) is 0 Å². The second-order valence-corrected chi connectivity index (χ2v) is 9.30. The first-order valence-corrected chi connectivity index (χ1v) is 9.84. The van der Waals surface area contributed by atoms with Crippen molar-refractivity contribution in [3.63, 3.8) is 0 Å². The van der Waals surface area contributed by atoms with E-state index in [1.54, 1.807) is 10.4 Å². The summed E-state index contributed by atoms with van der Waals surface area (Å²) in [6, 6.07) is 3.55. The van der Waals surface area contributed by atoms with E-state index < -0.39 is 10.0 Å². The van der Waals surface area contributed by atoms with Gasteiger partial charge in [0.25, 0.3) is 10.0 Å². The van der Waals surface area contributed by atoms with Gasteiger partial charge in [-0.25, -0.2) is 8.42 Å². The molecule has 0 aromatic carbocycles. The van der Waals surface area contributed by atoms with Gasteiger partial charge in [-0.3, -0.25) is 4.90 Å². The third-order valence-electron chi connectivity index (χ3n) is 4.20. The number of piperazine rings is 1. The zero-order valence-electron chi connectivity index (χ0n) is 13.6. The van der Waals surface area contributed by atoms with Crippen LogP contribution in [-0.2, 0) is 16.6 Å². The van der Waals surface area contributed by atoms with Gasteiger partial charge in [0.1, 0.15) is 9.97 Å². The topological polar surface area (TPSA) is 66.7 Å². The van der Waals surface area contributed by atoms with Crippen LogP contribution in [0.5, 0.6) is 0 Å². The first kappa shape index (κ1) is 16.6. The Kier molecular flexibility index (Phi) is 4.59. The average molecular weight is 355 g/mol. The summed E-state index contributed by atoms with van der Waals surface area (Å²) in [7, 11) is -3.35. The van der Waals surface area contributed by atoms with Crippen molar-refractivity contribution < 1.29 is 12.9 Å². The van der Waals surface area contributed by atoms with Crippen molar-refractivity contribution in [3.05, 3.63) is 34.0 Å². The minimum atomic E-state index is -3.35. The third kappa shape index (κ3) is 3.35. The maximum absolute atomic E-state index is 12.6. The maximum Gasteiger partial charge on any atom is 0.252 e. The Labute approximate surface area is 140 Å². The summed E-state index contributed by atoms with van der Waals surface area (Å²) in [6.07, 6.45) is 0. The van der Waals surface area contributed by atoms with E-state index >= 15 is 0 Å². The molecule has 0 amide bonds. The number of hydrogen-bond acceptors (Lipinski definition) is 6. The van der Waals surface area contributed by atoms with E-state index in [1.807, 2.05) is 26.8 Å². The van der Waals surface area contributed by atoms with Gasteiger partial charge in [-0.05, 0) is 32.9 Å². The first-order valence-electron chi connectivity index (χ1n) is 7.58. The molecule has 0 unspecified atom stereocenters. The molecule has 0 saturated carbocycles. The molecular weight excluding hydrogens is 334 g/mol. The van der Waals surface area contributed by atoms with Gasteiger partial charge >= 0.3 is 0 Å². The molecule has 126 valence electrons. The summed E-state index contributed by atoms with van der Waals surface area (Å²) in [5, 5.41) is 3.97. The molecule has 1 fully saturated rings. The molecule has 0 N–H and O–H groups in total. The number of sulfonamides is 1. The second-order valence-electron chi connectivity index (χ2n) is 5.85. The average Bonchev–Trinajstić information content (AvgIpc) is 3.09. The van der Waals surface area contributed by atoms with E-state index in [2.05, 4.69) is 10.1 Å². The predicted molar refractivity (Wildman–Crippen MR) is 89.1 cm³/mol. The predicted octanol–water partition coefficient (Wildman–Crippen LogP) is 2.17. The molecule has 8 heteroatoms. The van der Waals surface area contributed by atoms with Gasteiger partial charge in [-0.15, -0.1) is 11.3 Å². The number of nitrogens with zero attached hydrogens (tertiary/aromatic N) is 3. The van der Waals surface area contributed by atoms with Crippen molar-refractivity contribution in [1.82, 2.24) is 14.4 Å². The minimum absolute atomic E-state index is 0.439. The Hall–Kier alpha value is -1.22. The molecule has 0 radical (unpaired) electrons. The smallest absolute Gasteiger partial charge is 0.252 e. The molecule has 3 rings (SSSR count). The molecule has 1 aliphatic heterocycles. The first-order chi connectivity index (χ1) is 10.9. The summed E-state index contributed by atoms with van der Waals surface area (Å²) in [4.78, 5) is 3.26. The number of thiophene rings is 1. The number of hydrogen-bond donors (Lipinski definition) is 0. The van der Waals surface area contributed by atoms with Crippen LogP contribution < -0.4 is 0 Å². The van der Waals surface area contributed by atoms with Gasteiger partial charge in [0, 0.05) is 43.2 Å². The van der Waals surface area contributed by atoms with Crippen LogP contribution in [0.3, 0.4) is 0 Å². The Bertz CT molecular complexity index is 767. The standard InChI is InChI=1S/C15H21N3O3S2/c1-11-4-5-15(22-11)23(19,20)18-8-6-17(7-9-18)10-14-12(2)16-21-13(14)3/h4-5H,6-10H2,1-3H3. The molecule has 0 spiro atoms. The molecule has 2 aromatic heterocycles. The van der Waals surface area contributed by atoms with Crippen LogP contribution in [0.4, 0.5) is 0 Å². The lowest BCUT2D eigenvalue weighted by molar-refractivity contribution is 0.181. The number of rotatable bonds is 4. The fraction of sp³-hybridized carbons (Fsp3) is 0.533. The van der Waals surface area contributed by atoms with Gasteiger partial charge in [-0.2, -0.15) is 4.31 Å². The molecule has 1 aliphatic rings. The molecule has 0 atom stereocenters. The molecule has 23 heavy (non-hydrogen) atoms. The summed E-state index contributed by atoms with van der Waals surface area (Å²) >= 11 is 1.33.